The SMILES string of the molecule is FCCCCCC1CCC(C2CCC(c3cc(F)c(C(F)C(F)(F)F)c(F)c3)CC2)CC1. The molecule has 32 heavy (non-hydrogen) atoms. The van der Waals surface area contributed by atoms with Gasteiger partial charge in [0.05, 0.1) is 12.2 Å². The lowest BCUT2D eigenvalue weighted by Crippen LogP contribution is -2.25. The first kappa shape index (κ1) is 25.4. The molecule has 0 aliphatic heterocycles. The molecule has 0 aromatic heterocycles. The van der Waals surface area contributed by atoms with E-state index < -0.39 is 29.5 Å². The van der Waals surface area contributed by atoms with Crippen molar-refractivity contribution < 1.29 is 30.7 Å². The van der Waals surface area contributed by atoms with E-state index in [0.717, 1.165) is 56.6 Å². The van der Waals surface area contributed by atoms with Gasteiger partial charge >= 0.3 is 6.18 Å². The second-order valence-corrected chi connectivity index (χ2v) is 9.73. The molecule has 0 bridgehead atoms. The molecule has 1 aromatic rings. The average Bonchev–Trinajstić information content (AvgIpc) is 2.76. The van der Waals surface area contributed by atoms with Crippen LogP contribution < -0.4 is 0 Å². The van der Waals surface area contributed by atoms with Gasteiger partial charge in [-0.3, -0.25) is 4.39 Å². The number of alkyl halides is 5. The lowest BCUT2D eigenvalue weighted by molar-refractivity contribution is -0.184. The second kappa shape index (κ2) is 11.2. The van der Waals surface area contributed by atoms with E-state index in [9.17, 15) is 30.7 Å². The Morgan fingerprint density at radius 1 is 0.781 bits per heavy atom. The van der Waals surface area contributed by atoms with Gasteiger partial charge in [0, 0.05) is 0 Å². The van der Waals surface area contributed by atoms with Crippen molar-refractivity contribution in [3.8, 4) is 0 Å². The summed E-state index contributed by atoms with van der Waals surface area (Å²) in [6, 6.07) is 1.77. The van der Waals surface area contributed by atoms with Crippen molar-refractivity contribution in [2.24, 2.45) is 17.8 Å². The summed E-state index contributed by atoms with van der Waals surface area (Å²) in [5.74, 6) is -1.06. The Hall–Kier alpha value is -1.27. The summed E-state index contributed by atoms with van der Waals surface area (Å²) in [7, 11) is 0. The monoisotopic (exact) mass is 466 g/mol. The van der Waals surface area contributed by atoms with E-state index in [2.05, 4.69) is 0 Å². The smallest absolute Gasteiger partial charge is 0.251 e. The summed E-state index contributed by atoms with van der Waals surface area (Å²) in [5, 5.41) is 0. The van der Waals surface area contributed by atoms with Crippen LogP contribution in [0.3, 0.4) is 0 Å². The van der Waals surface area contributed by atoms with Crippen LogP contribution in [0.2, 0.25) is 0 Å². The van der Waals surface area contributed by atoms with Crippen molar-refractivity contribution in [2.45, 2.75) is 95.3 Å². The summed E-state index contributed by atoms with van der Waals surface area (Å²) in [4.78, 5) is 0. The molecule has 0 radical (unpaired) electrons. The minimum atomic E-state index is -5.34. The standard InChI is InChI=1S/C25H33F7/c26-13-3-1-2-4-16-5-7-17(8-6-16)18-9-11-19(12-10-18)20-14-21(27)23(22(28)15-20)24(29)25(30,31)32/h14-19,24H,1-13H2. The van der Waals surface area contributed by atoms with Gasteiger partial charge < -0.3 is 0 Å². The normalized spacial score (nSPS) is 28.0. The molecule has 2 fully saturated rings. The Bertz CT molecular complexity index is 690. The van der Waals surface area contributed by atoms with Crippen molar-refractivity contribution in [1.29, 1.82) is 0 Å². The van der Waals surface area contributed by atoms with E-state index in [1.807, 2.05) is 0 Å². The van der Waals surface area contributed by atoms with Gasteiger partial charge in [-0.2, -0.15) is 13.2 Å². The van der Waals surface area contributed by atoms with Gasteiger partial charge in [0.1, 0.15) is 11.6 Å². The third-order valence-corrected chi connectivity index (χ3v) is 7.69. The van der Waals surface area contributed by atoms with Gasteiger partial charge in [-0.25, -0.2) is 13.2 Å². The molecule has 0 heterocycles. The Labute approximate surface area is 186 Å². The maximum absolute atomic E-state index is 14.2. The number of benzene rings is 1. The summed E-state index contributed by atoms with van der Waals surface area (Å²) >= 11 is 0. The first-order chi connectivity index (χ1) is 15.2. The van der Waals surface area contributed by atoms with Crippen LogP contribution in [-0.2, 0) is 0 Å². The van der Waals surface area contributed by atoms with Crippen LogP contribution in [0, 0.1) is 29.4 Å². The van der Waals surface area contributed by atoms with E-state index >= 15 is 0 Å². The largest absolute Gasteiger partial charge is 0.424 e. The third kappa shape index (κ3) is 6.40. The van der Waals surface area contributed by atoms with Crippen LogP contribution in [0.25, 0.3) is 0 Å². The lowest BCUT2D eigenvalue weighted by atomic mass is 9.68. The quantitative estimate of drug-likeness (QED) is 0.265. The fraction of sp³-hybridized carbons (Fsp3) is 0.760. The molecule has 7 heteroatoms. The maximum Gasteiger partial charge on any atom is 0.424 e. The molecule has 2 aliphatic carbocycles. The van der Waals surface area contributed by atoms with E-state index in [1.165, 1.54) is 32.1 Å². The number of unbranched alkanes of at least 4 members (excludes halogenated alkanes) is 2. The summed E-state index contributed by atoms with van der Waals surface area (Å²) < 4.78 is 91.8. The molecular weight excluding hydrogens is 433 g/mol. The van der Waals surface area contributed by atoms with Crippen LogP contribution in [-0.4, -0.2) is 12.9 Å². The van der Waals surface area contributed by atoms with Crippen molar-refractivity contribution in [2.75, 3.05) is 6.67 Å². The van der Waals surface area contributed by atoms with E-state index in [1.54, 1.807) is 0 Å². The predicted octanol–water partition coefficient (Wildman–Crippen LogP) is 9.15. The molecule has 0 saturated heterocycles. The average molecular weight is 467 g/mol. The number of halogens is 7. The lowest BCUT2D eigenvalue weighted by Gasteiger charge is -2.38. The Kier molecular flexibility index (Phi) is 8.90. The Balaban J connectivity index is 1.50. The summed E-state index contributed by atoms with van der Waals surface area (Å²) in [6.45, 7) is -0.233. The van der Waals surface area contributed by atoms with Gasteiger partial charge in [-0.1, -0.05) is 32.1 Å². The van der Waals surface area contributed by atoms with Crippen molar-refractivity contribution >= 4 is 0 Å². The minimum absolute atomic E-state index is 0.111. The second-order valence-electron chi connectivity index (χ2n) is 9.73. The van der Waals surface area contributed by atoms with E-state index in [4.69, 9.17) is 0 Å². The van der Waals surface area contributed by atoms with Crippen LogP contribution in [0.1, 0.15) is 100 Å². The molecule has 2 aliphatic rings. The van der Waals surface area contributed by atoms with Crippen LogP contribution >= 0.6 is 0 Å². The van der Waals surface area contributed by atoms with Crippen LogP contribution in [0.4, 0.5) is 30.7 Å². The summed E-state index contributed by atoms with van der Waals surface area (Å²) in [6.07, 6.45) is 3.07. The highest BCUT2D eigenvalue weighted by Crippen LogP contribution is 2.45. The highest BCUT2D eigenvalue weighted by atomic mass is 19.4. The molecule has 1 unspecified atom stereocenters. The predicted molar refractivity (Wildman–Crippen MR) is 111 cm³/mol. The molecular formula is C25H33F7. The molecule has 1 aromatic carbocycles. The Morgan fingerprint density at radius 3 is 1.81 bits per heavy atom. The van der Waals surface area contributed by atoms with E-state index in [0.29, 0.717) is 23.8 Å². The minimum Gasteiger partial charge on any atom is -0.251 e. The fourth-order valence-electron chi connectivity index (χ4n) is 5.82. The van der Waals surface area contributed by atoms with Crippen molar-refractivity contribution in [3.05, 3.63) is 34.9 Å². The van der Waals surface area contributed by atoms with Gasteiger partial charge in [0.25, 0.3) is 0 Å². The maximum atomic E-state index is 14.2. The van der Waals surface area contributed by atoms with E-state index in [-0.39, 0.29) is 12.6 Å². The Morgan fingerprint density at radius 2 is 1.31 bits per heavy atom. The van der Waals surface area contributed by atoms with Gasteiger partial charge in [-0.05, 0) is 86.3 Å². The topological polar surface area (TPSA) is 0 Å². The van der Waals surface area contributed by atoms with Crippen molar-refractivity contribution in [3.63, 3.8) is 0 Å². The van der Waals surface area contributed by atoms with Crippen molar-refractivity contribution in [1.82, 2.24) is 0 Å². The van der Waals surface area contributed by atoms with Crippen LogP contribution in [0.15, 0.2) is 12.1 Å². The fourth-order valence-corrected chi connectivity index (χ4v) is 5.82. The number of hydrogen-bond acceptors (Lipinski definition) is 0. The molecule has 0 spiro atoms. The molecule has 0 nitrogen and oxygen atoms in total. The molecule has 182 valence electrons. The highest BCUT2D eigenvalue weighted by Gasteiger charge is 2.44. The first-order valence-electron chi connectivity index (χ1n) is 12.0. The van der Waals surface area contributed by atoms with Crippen LogP contribution in [0.5, 0.6) is 0 Å². The van der Waals surface area contributed by atoms with Gasteiger partial charge in [0.2, 0.25) is 6.17 Å². The molecule has 1 atom stereocenters. The summed E-state index contributed by atoms with van der Waals surface area (Å²) in [5.41, 5.74) is -1.22. The number of rotatable bonds is 8. The zero-order valence-corrected chi connectivity index (χ0v) is 18.4. The zero-order chi connectivity index (χ0) is 23.3. The van der Waals surface area contributed by atoms with Gasteiger partial charge in [0.15, 0.2) is 0 Å². The highest BCUT2D eigenvalue weighted by molar-refractivity contribution is 5.31. The zero-order valence-electron chi connectivity index (χ0n) is 18.4. The molecule has 0 N–H and O–H groups in total. The third-order valence-electron chi connectivity index (χ3n) is 7.69. The molecule has 2 saturated carbocycles. The van der Waals surface area contributed by atoms with Gasteiger partial charge in [-0.15, -0.1) is 0 Å². The first-order valence-corrected chi connectivity index (χ1v) is 12.0. The molecule has 3 rings (SSSR count). The molecule has 0 amide bonds. The number of hydrogen-bond donors (Lipinski definition) is 0.